The van der Waals surface area contributed by atoms with Crippen LogP contribution in [0.2, 0.25) is 0 Å². The highest BCUT2D eigenvalue weighted by atomic mass is 19.1. The number of imide groups is 1. The highest BCUT2D eigenvalue weighted by Crippen LogP contribution is 2.34. The number of carbonyl (C=O) groups excluding carboxylic acids is 3. The molecule has 152 valence electrons. The smallest absolute Gasteiger partial charge is 0.325 e. The van der Waals surface area contributed by atoms with Crippen LogP contribution in [0.5, 0.6) is 5.75 Å². The maximum Gasteiger partial charge on any atom is 0.325 e. The first-order valence-electron chi connectivity index (χ1n) is 9.16. The number of amides is 4. The average Bonchev–Trinajstić information content (AvgIpc) is 2.94. The molecule has 1 aliphatic heterocycles. The van der Waals surface area contributed by atoms with E-state index in [1.54, 1.807) is 38.3 Å². The normalized spacial score (nSPS) is 18.6. The summed E-state index contributed by atoms with van der Waals surface area (Å²) in [4.78, 5) is 38.8. The van der Waals surface area contributed by atoms with Gasteiger partial charge in [0.25, 0.3) is 5.91 Å². The lowest BCUT2D eigenvalue weighted by Crippen LogP contribution is -2.44. The van der Waals surface area contributed by atoms with Crippen molar-refractivity contribution in [2.24, 2.45) is 0 Å². The zero-order valence-corrected chi connectivity index (χ0v) is 16.4. The van der Waals surface area contributed by atoms with Gasteiger partial charge in [-0.25, -0.2) is 9.18 Å². The highest BCUT2D eigenvalue weighted by molar-refractivity contribution is 6.10. The van der Waals surface area contributed by atoms with Crippen LogP contribution in [0.15, 0.2) is 42.5 Å². The molecule has 0 radical (unpaired) electrons. The first-order chi connectivity index (χ1) is 13.8. The van der Waals surface area contributed by atoms with Crippen molar-refractivity contribution in [3.63, 3.8) is 0 Å². The van der Waals surface area contributed by atoms with Crippen LogP contribution in [0.3, 0.4) is 0 Å². The van der Waals surface area contributed by atoms with Gasteiger partial charge in [-0.2, -0.15) is 0 Å². The summed E-state index contributed by atoms with van der Waals surface area (Å²) in [5, 5.41) is 5.10. The molecule has 1 atom stereocenters. The third-order valence-electron chi connectivity index (χ3n) is 5.04. The van der Waals surface area contributed by atoms with E-state index < -0.39 is 35.7 Å². The fourth-order valence-corrected chi connectivity index (χ4v) is 3.45. The van der Waals surface area contributed by atoms with Gasteiger partial charge in [-0.1, -0.05) is 25.1 Å². The number of nitrogens with zero attached hydrogens (tertiary/aromatic N) is 1. The molecular formula is C21H22FN3O4. The van der Waals surface area contributed by atoms with E-state index in [-0.39, 0.29) is 5.69 Å². The molecule has 2 aromatic rings. The molecule has 0 saturated carbocycles. The second-order valence-corrected chi connectivity index (χ2v) is 6.79. The number of nitrogens with one attached hydrogen (secondary N) is 2. The van der Waals surface area contributed by atoms with Crippen molar-refractivity contribution in [2.45, 2.75) is 25.8 Å². The minimum absolute atomic E-state index is 0.0166. The number of anilines is 1. The van der Waals surface area contributed by atoms with E-state index in [0.717, 1.165) is 10.5 Å². The molecule has 29 heavy (non-hydrogen) atoms. The van der Waals surface area contributed by atoms with E-state index in [4.69, 9.17) is 4.74 Å². The molecule has 0 aromatic heterocycles. The quantitative estimate of drug-likeness (QED) is 0.731. The van der Waals surface area contributed by atoms with Crippen LogP contribution in [0, 0.1) is 12.7 Å². The van der Waals surface area contributed by atoms with Gasteiger partial charge in [0.2, 0.25) is 5.91 Å². The largest absolute Gasteiger partial charge is 0.496 e. The lowest BCUT2D eigenvalue weighted by molar-refractivity contribution is -0.134. The second kappa shape index (κ2) is 7.90. The van der Waals surface area contributed by atoms with Crippen LogP contribution >= 0.6 is 0 Å². The Morgan fingerprint density at radius 1 is 1.24 bits per heavy atom. The Bertz CT molecular complexity index is 978. The predicted octanol–water partition coefficient (Wildman–Crippen LogP) is 2.94. The first-order valence-corrected chi connectivity index (χ1v) is 9.16. The molecule has 2 N–H and O–H groups in total. The number of hydrogen-bond donors (Lipinski definition) is 2. The summed E-state index contributed by atoms with van der Waals surface area (Å²) in [5.41, 5.74) is 0.133. The summed E-state index contributed by atoms with van der Waals surface area (Å²) in [6.07, 6.45) is 0.300. The zero-order valence-electron chi connectivity index (χ0n) is 16.4. The Balaban J connectivity index is 1.83. The molecule has 7 nitrogen and oxygen atoms in total. The molecule has 2 aromatic carbocycles. The molecule has 0 spiro atoms. The third kappa shape index (κ3) is 3.65. The standard InChI is InChI=1S/C21H22FN3O4/c1-4-21(14-9-10-17(29-3)13(2)11-14)19(27)25(20(28)24-21)12-18(26)23-16-8-6-5-7-15(16)22/h5-11H,4,12H2,1-3H3,(H,23,26)(H,24,28). The van der Waals surface area contributed by atoms with Gasteiger partial charge in [0.05, 0.1) is 12.8 Å². The summed E-state index contributed by atoms with van der Waals surface area (Å²) >= 11 is 0. The SMILES string of the molecule is CCC1(c2ccc(OC)c(C)c2)NC(=O)N(CC(=O)Nc2ccccc2F)C1=O. The van der Waals surface area contributed by atoms with Crippen molar-refractivity contribution in [1.82, 2.24) is 10.2 Å². The summed E-state index contributed by atoms with van der Waals surface area (Å²) in [6.45, 7) is 3.10. The van der Waals surface area contributed by atoms with Crippen molar-refractivity contribution in [3.05, 3.63) is 59.4 Å². The van der Waals surface area contributed by atoms with Crippen LogP contribution in [-0.2, 0) is 15.1 Å². The fraction of sp³-hybridized carbons (Fsp3) is 0.286. The van der Waals surface area contributed by atoms with E-state index >= 15 is 0 Å². The molecule has 0 bridgehead atoms. The van der Waals surface area contributed by atoms with Gasteiger partial charge in [0.1, 0.15) is 23.7 Å². The van der Waals surface area contributed by atoms with Crippen molar-refractivity contribution >= 4 is 23.5 Å². The summed E-state index contributed by atoms with van der Waals surface area (Å²) < 4.78 is 19.0. The number of methoxy groups -OCH3 is 1. The Labute approximate surface area is 167 Å². The molecule has 1 aliphatic rings. The lowest BCUT2D eigenvalue weighted by atomic mass is 9.86. The van der Waals surface area contributed by atoms with E-state index in [1.807, 2.05) is 6.92 Å². The van der Waals surface area contributed by atoms with Crippen molar-refractivity contribution < 1.29 is 23.5 Å². The average molecular weight is 399 g/mol. The molecule has 0 aliphatic carbocycles. The zero-order chi connectivity index (χ0) is 21.2. The molecule has 8 heteroatoms. The molecule has 3 rings (SSSR count). The number of benzene rings is 2. The second-order valence-electron chi connectivity index (χ2n) is 6.79. The molecule has 1 unspecified atom stereocenters. The van der Waals surface area contributed by atoms with Gasteiger partial charge in [-0.3, -0.25) is 14.5 Å². The van der Waals surface area contributed by atoms with E-state index in [1.165, 1.54) is 18.2 Å². The number of ether oxygens (including phenoxy) is 1. The number of para-hydroxylation sites is 1. The minimum atomic E-state index is -1.27. The van der Waals surface area contributed by atoms with Crippen LogP contribution in [-0.4, -0.2) is 36.4 Å². The number of hydrogen-bond acceptors (Lipinski definition) is 4. The Morgan fingerprint density at radius 2 is 1.97 bits per heavy atom. The van der Waals surface area contributed by atoms with Crippen LogP contribution in [0.1, 0.15) is 24.5 Å². The Hall–Kier alpha value is -3.42. The summed E-state index contributed by atoms with van der Waals surface area (Å²) in [6, 6.07) is 10.2. The topological polar surface area (TPSA) is 87.7 Å². The van der Waals surface area contributed by atoms with Crippen molar-refractivity contribution in [2.75, 3.05) is 19.0 Å². The van der Waals surface area contributed by atoms with Gasteiger partial charge in [-0.05, 0) is 48.7 Å². The monoisotopic (exact) mass is 399 g/mol. The number of halogens is 1. The lowest BCUT2D eigenvalue weighted by Gasteiger charge is -2.26. The maximum atomic E-state index is 13.7. The van der Waals surface area contributed by atoms with E-state index in [2.05, 4.69) is 10.6 Å². The van der Waals surface area contributed by atoms with Gasteiger partial charge in [0.15, 0.2) is 0 Å². The molecular weight excluding hydrogens is 377 g/mol. The molecule has 1 saturated heterocycles. The third-order valence-corrected chi connectivity index (χ3v) is 5.04. The summed E-state index contributed by atoms with van der Waals surface area (Å²) in [7, 11) is 1.55. The fourth-order valence-electron chi connectivity index (χ4n) is 3.45. The number of aryl methyl sites for hydroxylation is 1. The minimum Gasteiger partial charge on any atom is -0.496 e. The van der Waals surface area contributed by atoms with Gasteiger partial charge >= 0.3 is 6.03 Å². The van der Waals surface area contributed by atoms with Crippen LogP contribution in [0.25, 0.3) is 0 Å². The first kappa shape index (κ1) is 20.3. The predicted molar refractivity (Wildman–Crippen MR) is 105 cm³/mol. The van der Waals surface area contributed by atoms with Crippen LogP contribution in [0.4, 0.5) is 14.9 Å². The van der Waals surface area contributed by atoms with Crippen LogP contribution < -0.4 is 15.4 Å². The Kier molecular flexibility index (Phi) is 5.54. The molecule has 1 fully saturated rings. The van der Waals surface area contributed by atoms with E-state index in [9.17, 15) is 18.8 Å². The van der Waals surface area contributed by atoms with E-state index in [0.29, 0.717) is 17.7 Å². The molecule has 4 amide bonds. The summed E-state index contributed by atoms with van der Waals surface area (Å²) in [5.74, 6) is -1.14. The van der Waals surface area contributed by atoms with Gasteiger partial charge < -0.3 is 15.4 Å². The number of rotatable bonds is 6. The number of carbonyl (C=O) groups is 3. The van der Waals surface area contributed by atoms with Crippen molar-refractivity contribution in [1.29, 1.82) is 0 Å². The van der Waals surface area contributed by atoms with Crippen molar-refractivity contribution in [3.8, 4) is 5.75 Å². The highest BCUT2D eigenvalue weighted by Gasteiger charge is 2.51. The molecule has 1 heterocycles. The van der Waals surface area contributed by atoms with Gasteiger partial charge in [-0.15, -0.1) is 0 Å². The van der Waals surface area contributed by atoms with Gasteiger partial charge in [0, 0.05) is 0 Å². The Morgan fingerprint density at radius 3 is 2.59 bits per heavy atom. The maximum absolute atomic E-state index is 13.7. The number of urea groups is 1.